The molecule has 1 aliphatic carbocycles. The monoisotopic (exact) mass is 441 g/mol. The van der Waals surface area contributed by atoms with Gasteiger partial charge in [0.1, 0.15) is 0 Å². The number of nitrogens with two attached hydrogens (primary N) is 1. The van der Waals surface area contributed by atoms with Gasteiger partial charge in [0.25, 0.3) is 0 Å². The highest BCUT2D eigenvalue weighted by molar-refractivity contribution is 14.1. The molecule has 0 aliphatic heterocycles. The van der Waals surface area contributed by atoms with Gasteiger partial charge in [-0.1, -0.05) is 46.6 Å². The van der Waals surface area contributed by atoms with E-state index in [-0.39, 0.29) is 6.04 Å². The normalized spacial score (nSPS) is 16.8. The van der Waals surface area contributed by atoms with E-state index in [0.29, 0.717) is 0 Å². The molecule has 1 saturated carbocycles. The topological polar surface area (TPSA) is 26.0 Å². The van der Waals surface area contributed by atoms with Crippen molar-refractivity contribution in [2.45, 2.75) is 31.2 Å². The molecule has 0 saturated heterocycles. The molecule has 1 atom stereocenters. The molecule has 0 bridgehead atoms. The van der Waals surface area contributed by atoms with Gasteiger partial charge < -0.3 is 5.73 Å². The number of rotatable bonds is 3. The summed E-state index contributed by atoms with van der Waals surface area (Å²) in [6.07, 6.45) is 4.01. The van der Waals surface area contributed by atoms with Crippen molar-refractivity contribution < 1.29 is 0 Å². The van der Waals surface area contributed by atoms with E-state index in [1.165, 1.54) is 34.0 Å². The zero-order valence-corrected chi connectivity index (χ0v) is 14.9. The summed E-state index contributed by atoms with van der Waals surface area (Å²) in [7, 11) is 0. The van der Waals surface area contributed by atoms with Crippen molar-refractivity contribution in [3.63, 3.8) is 0 Å². The molecule has 3 rings (SSSR count). The molecule has 0 radical (unpaired) electrons. The average Bonchev–Trinajstić information content (AvgIpc) is 2.39. The van der Waals surface area contributed by atoms with Crippen LogP contribution in [0.1, 0.15) is 47.9 Å². The van der Waals surface area contributed by atoms with Crippen LogP contribution in [0.25, 0.3) is 0 Å². The second-order valence-electron chi connectivity index (χ2n) is 5.44. The Morgan fingerprint density at radius 1 is 1.15 bits per heavy atom. The molecule has 1 fully saturated rings. The second-order valence-corrected chi connectivity index (χ2v) is 7.54. The van der Waals surface area contributed by atoms with Crippen molar-refractivity contribution in [2.24, 2.45) is 5.73 Å². The van der Waals surface area contributed by atoms with Crippen LogP contribution in [0.2, 0.25) is 0 Å². The van der Waals surface area contributed by atoms with Crippen LogP contribution in [0.5, 0.6) is 0 Å². The van der Waals surface area contributed by atoms with E-state index < -0.39 is 0 Å². The maximum atomic E-state index is 6.48. The summed E-state index contributed by atoms with van der Waals surface area (Å²) in [5.74, 6) is 0.751. The Bertz CT molecular complexity index is 622. The minimum Gasteiger partial charge on any atom is -0.320 e. The van der Waals surface area contributed by atoms with Crippen molar-refractivity contribution in [1.29, 1.82) is 0 Å². The van der Waals surface area contributed by atoms with Gasteiger partial charge in [0, 0.05) is 8.04 Å². The van der Waals surface area contributed by atoms with Crippen molar-refractivity contribution >= 4 is 38.5 Å². The highest BCUT2D eigenvalue weighted by atomic mass is 127. The van der Waals surface area contributed by atoms with Crippen LogP contribution in [-0.2, 0) is 0 Å². The van der Waals surface area contributed by atoms with Crippen LogP contribution < -0.4 is 5.73 Å². The van der Waals surface area contributed by atoms with Gasteiger partial charge in [-0.3, -0.25) is 0 Å². The maximum absolute atomic E-state index is 6.48. The number of hydrogen-bond donors (Lipinski definition) is 1. The first kappa shape index (κ1) is 14.5. The van der Waals surface area contributed by atoms with Gasteiger partial charge in [0.15, 0.2) is 0 Å². The van der Waals surface area contributed by atoms with Crippen LogP contribution in [0.3, 0.4) is 0 Å². The fourth-order valence-electron chi connectivity index (χ4n) is 2.68. The molecule has 2 N–H and O–H groups in total. The molecule has 0 heterocycles. The Morgan fingerprint density at radius 3 is 2.65 bits per heavy atom. The summed E-state index contributed by atoms with van der Waals surface area (Å²) < 4.78 is 2.30. The third-order valence-electron chi connectivity index (χ3n) is 4.14. The summed E-state index contributed by atoms with van der Waals surface area (Å²) in [6.45, 7) is 0. The molecule has 2 aromatic carbocycles. The van der Waals surface area contributed by atoms with Gasteiger partial charge >= 0.3 is 0 Å². The van der Waals surface area contributed by atoms with Gasteiger partial charge in [-0.2, -0.15) is 0 Å². The van der Waals surface area contributed by atoms with E-state index in [4.69, 9.17) is 5.73 Å². The second kappa shape index (κ2) is 6.16. The summed E-state index contributed by atoms with van der Waals surface area (Å²) in [6, 6.07) is 15.1. The molecule has 1 nitrogen and oxygen atoms in total. The quantitative estimate of drug-likeness (QED) is 0.636. The number of hydrogen-bond acceptors (Lipinski definition) is 1. The van der Waals surface area contributed by atoms with Gasteiger partial charge in [-0.25, -0.2) is 0 Å². The van der Waals surface area contributed by atoms with Crippen LogP contribution in [0.15, 0.2) is 46.9 Å². The lowest BCUT2D eigenvalue weighted by molar-refractivity contribution is 0.419. The first-order valence-electron chi connectivity index (χ1n) is 6.95. The Morgan fingerprint density at radius 2 is 1.95 bits per heavy atom. The predicted molar refractivity (Wildman–Crippen MR) is 95.9 cm³/mol. The SMILES string of the molecule is NC(c1cccc(C2CCC2)c1)c1cc(I)ccc1Br. The first-order chi connectivity index (χ1) is 9.65. The highest BCUT2D eigenvalue weighted by Crippen LogP contribution is 2.37. The first-order valence-corrected chi connectivity index (χ1v) is 8.82. The molecular weight excluding hydrogens is 425 g/mol. The van der Waals surface area contributed by atoms with E-state index in [9.17, 15) is 0 Å². The third kappa shape index (κ3) is 2.95. The Labute approximate surface area is 142 Å². The predicted octanol–water partition coefficient (Wildman–Crippen LogP) is 5.37. The average molecular weight is 442 g/mol. The summed E-state index contributed by atoms with van der Waals surface area (Å²) in [5, 5.41) is 0. The number of benzene rings is 2. The van der Waals surface area contributed by atoms with Gasteiger partial charge in [0.2, 0.25) is 0 Å². The van der Waals surface area contributed by atoms with Crippen LogP contribution in [0.4, 0.5) is 0 Å². The minimum absolute atomic E-state index is 0.0703. The Kier molecular flexibility index (Phi) is 4.48. The lowest BCUT2D eigenvalue weighted by Crippen LogP contribution is -2.14. The molecule has 104 valence electrons. The standard InChI is InChI=1S/C17H17BrIN/c18-16-8-7-14(19)10-15(16)17(20)13-6-2-5-12(9-13)11-3-1-4-11/h2,5-11,17H,1,3-4,20H2. The molecule has 2 aromatic rings. The van der Waals surface area contributed by atoms with Crippen molar-refractivity contribution in [2.75, 3.05) is 0 Å². The molecule has 0 aromatic heterocycles. The maximum Gasteiger partial charge on any atom is 0.0563 e. The van der Waals surface area contributed by atoms with E-state index in [1.54, 1.807) is 0 Å². The lowest BCUT2D eigenvalue weighted by Gasteiger charge is -2.26. The molecule has 3 heteroatoms. The van der Waals surface area contributed by atoms with Crippen molar-refractivity contribution in [1.82, 2.24) is 0 Å². The Balaban J connectivity index is 1.93. The minimum atomic E-state index is -0.0703. The van der Waals surface area contributed by atoms with E-state index in [2.05, 4.69) is 81.0 Å². The van der Waals surface area contributed by atoms with Gasteiger partial charge in [-0.05, 0) is 76.2 Å². The van der Waals surface area contributed by atoms with Crippen LogP contribution in [0, 0.1) is 3.57 Å². The zero-order chi connectivity index (χ0) is 14.1. The largest absolute Gasteiger partial charge is 0.320 e. The molecule has 1 unspecified atom stereocenters. The van der Waals surface area contributed by atoms with Crippen LogP contribution in [-0.4, -0.2) is 0 Å². The number of halogens is 2. The fraction of sp³-hybridized carbons (Fsp3) is 0.294. The van der Waals surface area contributed by atoms with E-state index >= 15 is 0 Å². The summed E-state index contributed by atoms with van der Waals surface area (Å²) in [5.41, 5.74) is 10.3. The van der Waals surface area contributed by atoms with E-state index in [0.717, 1.165) is 16.0 Å². The van der Waals surface area contributed by atoms with Crippen LogP contribution >= 0.6 is 38.5 Å². The smallest absolute Gasteiger partial charge is 0.0563 e. The van der Waals surface area contributed by atoms with Crippen molar-refractivity contribution in [3.05, 3.63) is 67.2 Å². The lowest BCUT2D eigenvalue weighted by atomic mass is 9.79. The summed E-state index contributed by atoms with van der Waals surface area (Å²) >= 11 is 5.95. The molecule has 1 aliphatic rings. The van der Waals surface area contributed by atoms with E-state index in [1.807, 2.05) is 0 Å². The zero-order valence-electron chi connectivity index (χ0n) is 11.2. The fourth-order valence-corrected chi connectivity index (χ4v) is 3.69. The Hall–Kier alpha value is -0.390. The molecule has 20 heavy (non-hydrogen) atoms. The summed E-state index contributed by atoms with van der Waals surface area (Å²) in [4.78, 5) is 0. The van der Waals surface area contributed by atoms with Gasteiger partial charge in [0.05, 0.1) is 6.04 Å². The van der Waals surface area contributed by atoms with Crippen molar-refractivity contribution in [3.8, 4) is 0 Å². The third-order valence-corrected chi connectivity index (χ3v) is 5.53. The molecule has 0 amide bonds. The van der Waals surface area contributed by atoms with Gasteiger partial charge in [-0.15, -0.1) is 0 Å². The molecular formula is C17H17BrIN. The highest BCUT2D eigenvalue weighted by Gasteiger charge is 2.20. The molecule has 0 spiro atoms.